The van der Waals surface area contributed by atoms with Crippen LogP contribution >= 0.6 is 12.2 Å². The normalized spacial score (nSPS) is 11.1. The van der Waals surface area contributed by atoms with Gasteiger partial charge < -0.3 is 9.84 Å². The number of unbranched alkanes of at least 4 members (excludes halogenated alkanes) is 1. The van der Waals surface area contributed by atoms with E-state index in [1.807, 2.05) is 0 Å². The van der Waals surface area contributed by atoms with Crippen LogP contribution in [0.5, 0.6) is 11.5 Å². The van der Waals surface area contributed by atoms with Crippen LogP contribution in [0, 0.1) is 14.9 Å². The van der Waals surface area contributed by atoms with Gasteiger partial charge in [0.05, 0.1) is 17.7 Å². The number of phenolic OH excluding ortho intramolecular Hbond substituents is 1. The third-order valence-electron chi connectivity index (χ3n) is 3.37. The van der Waals surface area contributed by atoms with Crippen LogP contribution in [-0.4, -0.2) is 37.7 Å². The Hall–Kier alpha value is -2.75. The lowest BCUT2D eigenvalue weighted by atomic mass is 10.2. The number of H-pyrrole nitrogens is 1. The lowest BCUT2D eigenvalue weighted by Gasteiger charge is -2.07. The number of aromatic nitrogens is 3. The van der Waals surface area contributed by atoms with E-state index in [-0.39, 0.29) is 12.4 Å². The second kappa shape index (κ2) is 8.38. The number of ether oxygens (including phenoxy) is 1. The third-order valence-corrected chi connectivity index (χ3v) is 3.63. The standard InChI is InChI=1S/C15H19N5O4S/c1-3-5-6-13-17-18-15(25)19(13)16-9-10-7-11(20(22)23)14(21)12(8-10)24-4-2/h7-9,21H,3-6H2,1-2H3,(H,18,25)/b16-9+. The quantitative estimate of drug-likeness (QED) is 0.321. The van der Waals surface area contributed by atoms with Crippen molar-refractivity contribution in [3.63, 3.8) is 0 Å². The second-order valence-electron chi connectivity index (χ2n) is 5.18. The van der Waals surface area contributed by atoms with E-state index in [0.29, 0.717) is 22.6 Å². The molecule has 0 aliphatic carbocycles. The van der Waals surface area contributed by atoms with Gasteiger partial charge in [0.2, 0.25) is 10.5 Å². The Kier molecular flexibility index (Phi) is 6.23. The summed E-state index contributed by atoms with van der Waals surface area (Å²) in [5.41, 5.74) is -0.0492. The Labute approximate surface area is 149 Å². The molecule has 0 aliphatic heterocycles. The topological polar surface area (TPSA) is 119 Å². The smallest absolute Gasteiger partial charge is 0.315 e. The van der Waals surface area contributed by atoms with E-state index in [2.05, 4.69) is 22.2 Å². The number of nitrogens with zero attached hydrogens (tertiary/aromatic N) is 4. The minimum atomic E-state index is -0.675. The van der Waals surface area contributed by atoms with Crippen molar-refractivity contribution in [2.45, 2.75) is 33.1 Å². The number of nitrogens with one attached hydrogen (secondary N) is 1. The van der Waals surface area contributed by atoms with E-state index >= 15 is 0 Å². The van der Waals surface area contributed by atoms with Gasteiger partial charge >= 0.3 is 5.69 Å². The van der Waals surface area contributed by atoms with Gasteiger partial charge in [-0.05, 0) is 31.6 Å². The molecule has 2 aromatic rings. The Morgan fingerprint density at radius 1 is 1.52 bits per heavy atom. The zero-order valence-electron chi connectivity index (χ0n) is 13.9. The van der Waals surface area contributed by atoms with E-state index in [1.165, 1.54) is 23.0 Å². The number of phenols is 1. The molecule has 1 aromatic heterocycles. The third kappa shape index (κ3) is 4.41. The molecule has 0 saturated heterocycles. The summed E-state index contributed by atoms with van der Waals surface area (Å²) in [5.74, 6) is 0.203. The maximum absolute atomic E-state index is 11.1. The average molecular weight is 365 g/mol. The number of aromatic amines is 1. The number of hydrogen-bond acceptors (Lipinski definition) is 7. The maximum Gasteiger partial charge on any atom is 0.315 e. The molecule has 2 rings (SSSR count). The number of nitro groups is 1. The SMILES string of the molecule is CCCCc1n[nH]c(=S)n1/N=C/c1cc(OCC)c(O)c([N+](=O)[O-])c1. The minimum absolute atomic E-state index is 0.0279. The predicted molar refractivity (Wildman–Crippen MR) is 94.9 cm³/mol. The molecular weight excluding hydrogens is 346 g/mol. The lowest BCUT2D eigenvalue weighted by Crippen LogP contribution is -2.00. The summed E-state index contributed by atoms with van der Waals surface area (Å²) in [6.07, 6.45) is 4.07. The van der Waals surface area contributed by atoms with Crippen molar-refractivity contribution in [1.82, 2.24) is 14.9 Å². The molecule has 25 heavy (non-hydrogen) atoms. The first-order chi connectivity index (χ1) is 12.0. The van der Waals surface area contributed by atoms with Crippen molar-refractivity contribution in [3.05, 3.63) is 38.4 Å². The molecule has 0 aliphatic rings. The number of hydrogen-bond donors (Lipinski definition) is 2. The number of aryl methyl sites for hydroxylation is 1. The molecule has 1 aromatic carbocycles. The highest BCUT2D eigenvalue weighted by Gasteiger charge is 2.19. The summed E-state index contributed by atoms with van der Waals surface area (Å²) in [6, 6.07) is 2.70. The number of nitro benzene ring substituents is 1. The Morgan fingerprint density at radius 2 is 2.28 bits per heavy atom. The molecule has 0 amide bonds. The molecule has 0 spiro atoms. The van der Waals surface area contributed by atoms with Crippen LogP contribution in [0.2, 0.25) is 0 Å². The number of benzene rings is 1. The van der Waals surface area contributed by atoms with Gasteiger partial charge in [0, 0.05) is 18.1 Å². The van der Waals surface area contributed by atoms with Gasteiger partial charge in [0.15, 0.2) is 11.6 Å². The maximum atomic E-state index is 11.1. The Morgan fingerprint density at radius 3 is 2.92 bits per heavy atom. The van der Waals surface area contributed by atoms with Crippen molar-refractivity contribution < 1.29 is 14.8 Å². The Bertz CT molecular complexity index is 843. The van der Waals surface area contributed by atoms with Gasteiger partial charge in [0.25, 0.3) is 0 Å². The molecule has 9 nitrogen and oxygen atoms in total. The highest BCUT2D eigenvalue weighted by Crippen LogP contribution is 2.36. The molecule has 0 bridgehead atoms. The molecule has 1 heterocycles. The number of rotatable bonds is 8. The zero-order chi connectivity index (χ0) is 18.4. The summed E-state index contributed by atoms with van der Waals surface area (Å²) >= 11 is 5.15. The van der Waals surface area contributed by atoms with Crippen molar-refractivity contribution in [2.75, 3.05) is 6.61 Å². The van der Waals surface area contributed by atoms with Crippen LogP contribution in [0.1, 0.15) is 38.1 Å². The molecule has 134 valence electrons. The highest BCUT2D eigenvalue weighted by molar-refractivity contribution is 7.71. The van der Waals surface area contributed by atoms with Gasteiger partial charge in [-0.2, -0.15) is 14.9 Å². The van der Waals surface area contributed by atoms with Gasteiger partial charge in [-0.15, -0.1) is 0 Å². The van der Waals surface area contributed by atoms with E-state index in [1.54, 1.807) is 6.92 Å². The van der Waals surface area contributed by atoms with Crippen LogP contribution in [0.25, 0.3) is 0 Å². The number of aromatic hydroxyl groups is 1. The van der Waals surface area contributed by atoms with Gasteiger partial charge in [-0.1, -0.05) is 13.3 Å². The predicted octanol–water partition coefficient (Wildman–Crippen LogP) is 3.18. The van der Waals surface area contributed by atoms with Crippen molar-refractivity contribution in [3.8, 4) is 11.5 Å². The highest BCUT2D eigenvalue weighted by atomic mass is 32.1. The average Bonchev–Trinajstić information content (AvgIpc) is 2.93. The summed E-state index contributed by atoms with van der Waals surface area (Å²) in [7, 11) is 0. The van der Waals surface area contributed by atoms with Crippen LogP contribution in [0.15, 0.2) is 17.2 Å². The monoisotopic (exact) mass is 365 g/mol. The summed E-state index contributed by atoms with van der Waals surface area (Å²) < 4.78 is 7.05. The molecule has 0 atom stereocenters. The first-order valence-corrected chi connectivity index (χ1v) is 8.23. The molecular formula is C15H19N5O4S. The van der Waals surface area contributed by atoms with Gasteiger partial charge in [-0.3, -0.25) is 15.2 Å². The van der Waals surface area contributed by atoms with Gasteiger partial charge in [0.1, 0.15) is 0 Å². The minimum Gasteiger partial charge on any atom is -0.500 e. The van der Waals surface area contributed by atoms with Crippen molar-refractivity contribution in [1.29, 1.82) is 0 Å². The molecule has 0 unspecified atom stereocenters. The molecule has 2 N–H and O–H groups in total. The molecule has 0 radical (unpaired) electrons. The summed E-state index contributed by atoms with van der Waals surface area (Å²) in [4.78, 5) is 10.4. The van der Waals surface area contributed by atoms with Crippen LogP contribution in [0.3, 0.4) is 0 Å². The largest absolute Gasteiger partial charge is 0.500 e. The van der Waals surface area contributed by atoms with Crippen LogP contribution < -0.4 is 4.74 Å². The molecule has 0 fully saturated rings. The van der Waals surface area contributed by atoms with Crippen LogP contribution in [-0.2, 0) is 6.42 Å². The summed E-state index contributed by atoms with van der Waals surface area (Å²) in [6.45, 7) is 4.05. The fraction of sp³-hybridized carbons (Fsp3) is 0.400. The van der Waals surface area contributed by atoms with E-state index in [4.69, 9.17) is 17.0 Å². The zero-order valence-corrected chi connectivity index (χ0v) is 14.7. The van der Waals surface area contributed by atoms with E-state index in [9.17, 15) is 15.2 Å². The fourth-order valence-corrected chi connectivity index (χ4v) is 2.36. The van der Waals surface area contributed by atoms with E-state index in [0.717, 1.165) is 12.8 Å². The summed E-state index contributed by atoms with van der Waals surface area (Å²) in [5, 5.41) is 32.1. The second-order valence-corrected chi connectivity index (χ2v) is 5.57. The first-order valence-electron chi connectivity index (χ1n) is 7.82. The first kappa shape index (κ1) is 18.6. The van der Waals surface area contributed by atoms with Gasteiger partial charge in [-0.25, -0.2) is 0 Å². The molecule has 10 heteroatoms. The fourth-order valence-electron chi connectivity index (χ4n) is 2.16. The van der Waals surface area contributed by atoms with Crippen molar-refractivity contribution in [2.24, 2.45) is 5.10 Å². The van der Waals surface area contributed by atoms with E-state index < -0.39 is 16.4 Å². The van der Waals surface area contributed by atoms with Crippen LogP contribution in [0.4, 0.5) is 5.69 Å². The molecule has 0 saturated carbocycles. The lowest BCUT2D eigenvalue weighted by molar-refractivity contribution is -0.386. The van der Waals surface area contributed by atoms with Crippen molar-refractivity contribution >= 4 is 24.1 Å². The Balaban J connectivity index is 2.40.